The molecule has 0 amide bonds. The Labute approximate surface area is 121 Å². The van der Waals surface area contributed by atoms with Gasteiger partial charge in [0.05, 0.1) is 16.6 Å². The largest absolute Gasteiger partial charge is 0.326 e. The number of fused-ring (bicyclic) bond motifs is 2. The zero-order valence-corrected chi connectivity index (χ0v) is 11.7. The predicted molar refractivity (Wildman–Crippen MR) is 83.7 cm³/mol. The van der Waals surface area contributed by atoms with Crippen LogP contribution in [0.2, 0.25) is 0 Å². The van der Waals surface area contributed by atoms with E-state index in [0.29, 0.717) is 6.54 Å². The molecule has 4 rings (SSSR count). The summed E-state index contributed by atoms with van der Waals surface area (Å²) in [5.41, 5.74) is 10.7. The SMILES string of the molecule is Cn1c(-c2n[nH]c3ccccc23)nc2ccc(CN)cc21. The lowest BCUT2D eigenvalue weighted by Crippen LogP contribution is -1.97. The van der Waals surface area contributed by atoms with Gasteiger partial charge in [0.2, 0.25) is 0 Å². The number of H-pyrrole nitrogens is 1. The number of aromatic amines is 1. The monoisotopic (exact) mass is 277 g/mol. The third kappa shape index (κ3) is 1.75. The molecule has 0 aliphatic heterocycles. The van der Waals surface area contributed by atoms with Crippen molar-refractivity contribution in [3.63, 3.8) is 0 Å². The first-order chi connectivity index (χ1) is 10.3. The summed E-state index contributed by atoms with van der Waals surface area (Å²) in [7, 11) is 2.01. The van der Waals surface area contributed by atoms with Gasteiger partial charge < -0.3 is 10.3 Å². The number of para-hydroxylation sites is 1. The van der Waals surface area contributed by atoms with Gasteiger partial charge in [-0.25, -0.2) is 4.98 Å². The highest BCUT2D eigenvalue weighted by molar-refractivity contribution is 5.93. The smallest absolute Gasteiger partial charge is 0.162 e. The molecule has 0 spiro atoms. The van der Waals surface area contributed by atoms with Crippen LogP contribution in [0.5, 0.6) is 0 Å². The van der Waals surface area contributed by atoms with Crippen molar-refractivity contribution < 1.29 is 0 Å². The van der Waals surface area contributed by atoms with Crippen molar-refractivity contribution in [2.75, 3.05) is 0 Å². The highest BCUT2D eigenvalue weighted by atomic mass is 15.2. The van der Waals surface area contributed by atoms with Gasteiger partial charge in [-0.1, -0.05) is 24.3 Å². The van der Waals surface area contributed by atoms with Gasteiger partial charge in [-0.3, -0.25) is 5.10 Å². The van der Waals surface area contributed by atoms with Crippen LogP contribution in [-0.2, 0) is 13.6 Å². The fourth-order valence-electron chi connectivity index (χ4n) is 2.71. The molecule has 3 N–H and O–H groups in total. The minimum atomic E-state index is 0.530. The predicted octanol–water partition coefficient (Wildman–Crippen LogP) is 2.58. The Morgan fingerprint density at radius 3 is 2.90 bits per heavy atom. The van der Waals surface area contributed by atoms with E-state index in [2.05, 4.69) is 26.9 Å². The van der Waals surface area contributed by atoms with Crippen molar-refractivity contribution in [2.24, 2.45) is 12.8 Å². The van der Waals surface area contributed by atoms with Crippen LogP contribution in [0.15, 0.2) is 42.5 Å². The fourth-order valence-corrected chi connectivity index (χ4v) is 2.71. The molecule has 0 aliphatic carbocycles. The van der Waals surface area contributed by atoms with Crippen LogP contribution < -0.4 is 5.73 Å². The summed E-state index contributed by atoms with van der Waals surface area (Å²) in [6, 6.07) is 14.2. The van der Waals surface area contributed by atoms with Gasteiger partial charge in [0, 0.05) is 19.0 Å². The third-order valence-electron chi connectivity index (χ3n) is 3.86. The molecule has 0 saturated carbocycles. The van der Waals surface area contributed by atoms with Crippen molar-refractivity contribution in [1.82, 2.24) is 19.7 Å². The second-order valence-corrected chi connectivity index (χ2v) is 5.14. The van der Waals surface area contributed by atoms with Crippen molar-refractivity contribution in [1.29, 1.82) is 0 Å². The Kier molecular flexibility index (Phi) is 2.55. The molecule has 0 bridgehead atoms. The number of benzene rings is 2. The first-order valence-electron chi connectivity index (χ1n) is 6.87. The second-order valence-electron chi connectivity index (χ2n) is 5.14. The molecular formula is C16H15N5. The highest BCUT2D eigenvalue weighted by Gasteiger charge is 2.15. The van der Waals surface area contributed by atoms with Crippen LogP contribution in [0, 0.1) is 0 Å². The molecule has 0 radical (unpaired) electrons. The summed E-state index contributed by atoms with van der Waals surface area (Å²) in [6.07, 6.45) is 0. The van der Waals surface area contributed by atoms with Crippen LogP contribution >= 0.6 is 0 Å². The molecule has 0 aliphatic rings. The van der Waals surface area contributed by atoms with E-state index in [1.54, 1.807) is 0 Å². The number of rotatable bonds is 2. The standard InChI is InChI=1S/C16H15N5/c1-21-14-8-10(9-17)6-7-13(14)18-16(21)15-11-4-2-3-5-12(11)19-20-15/h2-8H,9,17H2,1H3,(H,19,20). The lowest BCUT2D eigenvalue weighted by atomic mass is 10.2. The lowest BCUT2D eigenvalue weighted by molar-refractivity contribution is 0.944. The Hall–Kier alpha value is -2.66. The van der Waals surface area contributed by atoms with Gasteiger partial charge >= 0.3 is 0 Å². The maximum Gasteiger partial charge on any atom is 0.162 e. The number of nitrogens with zero attached hydrogens (tertiary/aromatic N) is 3. The zero-order valence-electron chi connectivity index (χ0n) is 11.7. The molecule has 104 valence electrons. The van der Waals surface area contributed by atoms with Crippen LogP contribution in [-0.4, -0.2) is 19.7 Å². The Morgan fingerprint density at radius 2 is 2.05 bits per heavy atom. The van der Waals surface area contributed by atoms with E-state index in [-0.39, 0.29) is 0 Å². The minimum absolute atomic E-state index is 0.530. The molecule has 0 saturated heterocycles. The molecule has 2 heterocycles. The van der Waals surface area contributed by atoms with E-state index in [1.807, 2.05) is 37.4 Å². The average Bonchev–Trinajstić information content (AvgIpc) is 3.08. The maximum atomic E-state index is 5.72. The molecule has 2 aromatic heterocycles. The molecule has 0 atom stereocenters. The van der Waals surface area contributed by atoms with E-state index in [1.165, 1.54) is 0 Å². The summed E-state index contributed by atoms with van der Waals surface area (Å²) in [4.78, 5) is 4.72. The van der Waals surface area contributed by atoms with Gasteiger partial charge in [0.25, 0.3) is 0 Å². The molecule has 4 aromatic rings. The van der Waals surface area contributed by atoms with Gasteiger partial charge in [-0.2, -0.15) is 5.10 Å². The van der Waals surface area contributed by atoms with E-state index >= 15 is 0 Å². The topological polar surface area (TPSA) is 72.5 Å². The van der Waals surface area contributed by atoms with E-state index in [4.69, 9.17) is 10.7 Å². The number of aromatic nitrogens is 4. The summed E-state index contributed by atoms with van der Waals surface area (Å²) < 4.78 is 2.07. The van der Waals surface area contributed by atoms with E-state index < -0.39 is 0 Å². The quantitative estimate of drug-likeness (QED) is 0.591. The van der Waals surface area contributed by atoms with Crippen molar-refractivity contribution in [2.45, 2.75) is 6.54 Å². The molecule has 21 heavy (non-hydrogen) atoms. The normalized spacial score (nSPS) is 11.5. The zero-order chi connectivity index (χ0) is 14.4. The van der Waals surface area contributed by atoms with Crippen molar-refractivity contribution in [3.8, 4) is 11.5 Å². The van der Waals surface area contributed by atoms with Crippen LogP contribution in [0.1, 0.15) is 5.56 Å². The van der Waals surface area contributed by atoms with E-state index in [9.17, 15) is 0 Å². The first-order valence-corrected chi connectivity index (χ1v) is 6.87. The summed E-state index contributed by atoms with van der Waals surface area (Å²) in [5.74, 6) is 0.858. The lowest BCUT2D eigenvalue weighted by Gasteiger charge is -2.01. The van der Waals surface area contributed by atoms with Gasteiger partial charge in [0.1, 0.15) is 5.69 Å². The first kappa shape index (κ1) is 12.1. The second kappa shape index (κ2) is 4.43. The van der Waals surface area contributed by atoms with Crippen molar-refractivity contribution >= 4 is 21.9 Å². The fraction of sp³-hybridized carbons (Fsp3) is 0.125. The minimum Gasteiger partial charge on any atom is -0.326 e. The number of nitrogens with two attached hydrogens (primary N) is 1. The summed E-state index contributed by atoms with van der Waals surface area (Å²) in [6.45, 7) is 0.530. The number of hydrogen-bond donors (Lipinski definition) is 2. The third-order valence-corrected chi connectivity index (χ3v) is 3.86. The van der Waals surface area contributed by atoms with E-state index in [0.717, 1.165) is 39.0 Å². The molecule has 5 heteroatoms. The van der Waals surface area contributed by atoms with Crippen LogP contribution in [0.25, 0.3) is 33.5 Å². The summed E-state index contributed by atoms with van der Waals surface area (Å²) >= 11 is 0. The Morgan fingerprint density at radius 1 is 1.19 bits per heavy atom. The maximum absolute atomic E-state index is 5.72. The number of imidazole rings is 1. The molecule has 2 aromatic carbocycles. The van der Waals surface area contributed by atoms with Crippen LogP contribution in [0.3, 0.4) is 0 Å². The number of hydrogen-bond acceptors (Lipinski definition) is 3. The number of nitrogens with one attached hydrogen (secondary N) is 1. The molecule has 0 unspecified atom stereocenters. The highest BCUT2D eigenvalue weighted by Crippen LogP contribution is 2.28. The Balaban J connectivity index is 2.00. The number of aryl methyl sites for hydroxylation is 1. The summed E-state index contributed by atoms with van der Waals surface area (Å²) in [5, 5.41) is 8.57. The van der Waals surface area contributed by atoms with Gasteiger partial charge in [-0.15, -0.1) is 0 Å². The van der Waals surface area contributed by atoms with Crippen LogP contribution in [0.4, 0.5) is 0 Å². The van der Waals surface area contributed by atoms with Crippen molar-refractivity contribution in [3.05, 3.63) is 48.0 Å². The Bertz CT molecular complexity index is 948. The molecule has 5 nitrogen and oxygen atoms in total. The molecule has 0 fully saturated rings. The molecular weight excluding hydrogens is 262 g/mol. The van der Waals surface area contributed by atoms with Gasteiger partial charge in [-0.05, 0) is 23.8 Å². The average molecular weight is 277 g/mol. The van der Waals surface area contributed by atoms with Gasteiger partial charge in [0.15, 0.2) is 5.82 Å².